The fourth-order valence-corrected chi connectivity index (χ4v) is 3.13. The minimum absolute atomic E-state index is 0.0383. The first kappa shape index (κ1) is 17.1. The van der Waals surface area contributed by atoms with Crippen LogP contribution in [0.2, 0.25) is 5.02 Å². The SMILES string of the molecule is N#CCSCC(=O)NC1CCN(Cc2ccc(Cl)cc2)CC1. The highest BCUT2D eigenvalue weighted by Crippen LogP contribution is 2.16. The molecule has 118 valence electrons. The van der Waals surface area contributed by atoms with Gasteiger partial charge in [-0.3, -0.25) is 9.69 Å². The standard InChI is InChI=1S/C16H20ClN3OS/c17-14-3-1-13(2-4-14)11-20-8-5-15(6-9-20)19-16(21)12-22-10-7-18/h1-4,15H,5-6,8-12H2,(H,19,21). The maximum absolute atomic E-state index is 11.7. The third kappa shape index (κ3) is 5.88. The summed E-state index contributed by atoms with van der Waals surface area (Å²) in [5.74, 6) is 0.780. The summed E-state index contributed by atoms with van der Waals surface area (Å²) in [6.45, 7) is 2.90. The van der Waals surface area contributed by atoms with Crippen molar-refractivity contribution in [2.45, 2.75) is 25.4 Å². The van der Waals surface area contributed by atoms with Gasteiger partial charge in [-0.05, 0) is 30.5 Å². The second kappa shape index (κ2) is 9.04. The summed E-state index contributed by atoms with van der Waals surface area (Å²) < 4.78 is 0. The van der Waals surface area contributed by atoms with Crippen LogP contribution >= 0.6 is 23.4 Å². The lowest BCUT2D eigenvalue weighted by Gasteiger charge is -2.32. The van der Waals surface area contributed by atoms with E-state index in [1.54, 1.807) is 0 Å². The highest BCUT2D eigenvalue weighted by molar-refractivity contribution is 8.00. The van der Waals surface area contributed by atoms with Crippen LogP contribution in [0.4, 0.5) is 0 Å². The van der Waals surface area contributed by atoms with Crippen LogP contribution < -0.4 is 5.32 Å². The van der Waals surface area contributed by atoms with E-state index in [4.69, 9.17) is 16.9 Å². The molecule has 0 aromatic heterocycles. The van der Waals surface area contributed by atoms with Crippen LogP contribution in [0.3, 0.4) is 0 Å². The molecule has 1 aliphatic rings. The van der Waals surface area contributed by atoms with Gasteiger partial charge in [0, 0.05) is 30.7 Å². The number of nitrogens with one attached hydrogen (secondary N) is 1. The minimum atomic E-state index is 0.0383. The molecule has 0 saturated carbocycles. The van der Waals surface area contributed by atoms with E-state index in [1.165, 1.54) is 17.3 Å². The number of likely N-dealkylation sites (tertiary alicyclic amines) is 1. The van der Waals surface area contributed by atoms with E-state index in [9.17, 15) is 4.79 Å². The van der Waals surface area contributed by atoms with E-state index >= 15 is 0 Å². The largest absolute Gasteiger partial charge is 0.353 e. The Balaban J connectivity index is 1.68. The number of nitriles is 1. The molecule has 0 aliphatic carbocycles. The monoisotopic (exact) mass is 337 g/mol. The first-order chi connectivity index (χ1) is 10.7. The average Bonchev–Trinajstić information content (AvgIpc) is 2.52. The fraction of sp³-hybridized carbons (Fsp3) is 0.500. The Bertz CT molecular complexity index is 521. The van der Waals surface area contributed by atoms with Gasteiger partial charge in [-0.2, -0.15) is 5.26 Å². The van der Waals surface area contributed by atoms with Gasteiger partial charge in [0.1, 0.15) is 0 Å². The lowest BCUT2D eigenvalue weighted by atomic mass is 10.0. The third-order valence-corrected chi connectivity index (χ3v) is 4.72. The molecule has 1 fully saturated rings. The number of hydrogen-bond acceptors (Lipinski definition) is 4. The number of piperidine rings is 1. The summed E-state index contributed by atoms with van der Waals surface area (Å²) in [5.41, 5.74) is 1.26. The van der Waals surface area contributed by atoms with Gasteiger partial charge in [0.15, 0.2) is 0 Å². The molecule has 0 bridgehead atoms. The molecule has 1 amide bonds. The number of halogens is 1. The topological polar surface area (TPSA) is 56.1 Å². The fourth-order valence-electron chi connectivity index (χ4n) is 2.54. The normalized spacial score (nSPS) is 16.2. The zero-order valence-corrected chi connectivity index (χ0v) is 14.0. The average molecular weight is 338 g/mol. The lowest BCUT2D eigenvalue weighted by molar-refractivity contribution is -0.119. The molecule has 0 unspecified atom stereocenters. The summed E-state index contributed by atoms with van der Waals surface area (Å²) in [7, 11) is 0. The molecule has 1 N–H and O–H groups in total. The Kier molecular flexibility index (Phi) is 7.04. The van der Waals surface area contributed by atoms with Gasteiger partial charge in [0.25, 0.3) is 0 Å². The predicted molar refractivity (Wildman–Crippen MR) is 90.8 cm³/mol. The third-order valence-electron chi connectivity index (χ3n) is 3.67. The lowest BCUT2D eigenvalue weighted by Crippen LogP contribution is -2.44. The van der Waals surface area contributed by atoms with Crippen LogP contribution in [0.15, 0.2) is 24.3 Å². The molecule has 2 rings (SSSR count). The highest BCUT2D eigenvalue weighted by Gasteiger charge is 2.20. The number of thioether (sulfide) groups is 1. The van der Waals surface area contributed by atoms with E-state index in [2.05, 4.69) is 22.3 Å². The van der Waals surface area contributed by atoms with E-state index in [0.717, 1.165) is 37.5 Å². The van der Waals surface area contributed by atoms with E-state index in [0.29, 0.717) is 11.5 Å². The van der Waals surface area contributed by atoms with Crippen molar-refractivity contribution in [3.8, 4) is 6.07 Å². The quantitative estimate of drug-likeness (QED) is 0.811. The number of amides is 1. The zero-order chi connectivity index (χ0) is 15.8. The highest BCUT2D eigenvalue weighted by atomic mass is 35.5. The maximum atomic E-state index is 11.7. The van der Waals surface area contributed by atoms with Gasteiger partial charge in [-0.15, -0.1) is 11.8 Å². The van der Waals surface area contributed by atoms with Crippen molar-refractivity contribution in [3.63, 3.8) is 0 Å². The van der Waals surface area contributed by atoms with Crippen molar-refractivity contribution in [2.75, 3.05) is 24.6 Å². The zero-order valence-electron chi connectivity index (χ0n) is 12.4. The molecule has 1 aromatic rings. The van der Waals surface area contributed by atoms with Crippen molar-refractivity contribution in [1.82, 2.24) is 10.2 Å². The number of rotatable bonds is 6. The minimum Gasteiger partial charge on any atom is -0.353 e. The van der Waals surface area contributed by atoms with Crippen molar-refractivity contribution in [1.29, 1.82) is 5.26 Å². The molecule has 1 aromatic carbocycles. The molecular formula is C16H20ClN3OS. The van der Waals surface area contributed by atoms with Crippen molar-refractivity contribution in [2.24, 2.45) is 0 Å². The van der Waals surface area contributed by atoms with Crippen molar-refractivity contribution in [3.05, 3.63) is 34.9 Å². The maximum Gasteiger partial charge on any atom is 0.230 e. The predicted octanol–water partition coefficient (Wildman–Crippen LogP) is 2.68. The molecule has 0 atom stereocenters. The smallest absolute Gasteiger partial charge is 0.230 e. The van der Waals surface area contributed by atoms with E-state index in [1.807, 2.05) is 18.2 Å². The second-order valence-corrected chi connectivity index (χ2v) is 6.82. The summed E-state index contributed by atoms with van der Waals surface area (Å²) in [4.78, 5) is 14.1. The van der Waals surface area contributed by atoms with Crippen LogP contribution in [-0.4, -0.2) is 41.4 Å². The number of carbonyl (C=O) groups excluding carboxylic acids is 1. The summed E-state index contributed by atoms with van der Waals surface area (Å²) in [5, 5.41) is 12.3. The molecular weight excluding hydrogens is 318 g/mol. The Hall–Kier alpha value is -1.22. The van der Waals surface area contributed by atoms with E-state index < -0.39 is 0 Å². The van der Waals surface area contributed by atoms with Gasteiger partial charge in [-0.25, -0.2) is 0 Å². The first-order valence-corrected chi connectivity index (χ1v) is 8.91. The summed E-state index contributed by atoms with van der Waals surface area (Å²) in [6, 6.07) is 10.2. The Labute approximate surface area is 140 Å². The number of carbonyl (C=O) groups is 1. The molecule has 1 saturated heterocycles. The van der Waals surface area contributed by atoms with Crippen LogP contribution in [0.25, 0.3) is 0 Å². The first-order valence-electron chi connectivity index (χ1n) is 7.38. The van der Waals surface area contributed by atoms with Crippen molar-refractivity contribution < 1.29 is 4.79 Å². The number of benzene rings is 1. The number of hydrogen-bond donors (Lipinski definition) is 1. The second-order valence-electron chi connectivity index (χ2n) is 5.40. The molecule has 22 heavy (non-hydrogen) atoms. The summed E-state index contributed by atoms with van der Waals surface area (Å²) in [6.07, 6.45) is 1.95. The van der Waals surface area contributed by atoms with Crippen LogP contribution in [0.1, 0.15) is 18.4 Å². The van der Waals surface area contributed by atoms with Gasteiger partial charge in [0.2, 0.25) is 5.91 Å². The number of nitrogens with zero attached hydrogens (tertiary/aromatic N) is 2. The van der Waals surface area contributed by atoms with Gasteiger partial charge in [-0.1, -0.05) is 23.7 Å². The Morgan fingerprint density at radius 2 is 2.05 bits per heavy atom. The van der Waals surface area contributed by atoms with Gasteiger partial charge < -0.3 is 5.32 Å². The van der Waals surface area contributed by atoms with Crippen LogP contribution in [0, 0.1) is 11.3 Å². The Morgan fingerprint density at radius 1 is 1.36 bits per heavy atom. The molecule has 6 heteroatoms. The molecule has 4 nitrogen and oxygen atoms in total. The van der Waals surface area contributed by atoms with Crippen LogP contribution in [0.5, 0.6) is 0 Å². The van der Waals surface area contributed by atoms with Crippen molar-refractivity contribution >= 4 is 29.3 Å². The van der Waals surface area contributed by atoms with Gasteiger partial charge >= 0.3 is 0 Å². The Morgan fingerprint density at radius 3 is 2.68 bits per heavy atom. The van der Waals surface area contributed by atoms with Gasteiger partial charge in [0.05, 0.1) is 17.6 Å². The summed E-state index contributed by atoms with van der Waals surface area (Å²) >= 11 is 7.25. The van der Waals surface area contributed by atoms with Crippen LogP contribution in [-0.2, 0) is 11.3 Å². The molecule has 0 radical (unpaired) electrons. The molecule has 1 aliphatic heterocycles. The van der Waals surface area contributed by atoms with E-state index in [-0.39, 0.29) is 11.9 Å². The molecule has 1 heterocycles. The molecule has 0 spiro atoms.